The Morgan fingerprint density at radius 1 is 1.00 bits per heavy atom. The first-order chi connectivity index (χ1) is 12.7. The Labute approximate surface area is 163 Å². The highest BCUT2D eigenvalue weighted by molar-refractivity contribution is 7.89. The van der Waals surface area contributed by atoms with E-state index in [0.29, 0.717) is 18.0 Å². The van der Waals surface area contributed by atoms with Gasteiger partial charge in [0.15, 0.2) is 0 Å². The van der Waals surface area contributed by atoms with Crippen molar-refractivity contribution in [3.63, 3.8) is 0 Å². The summed E-state index contributed by atoms with van der Waals surface area (Å²) >= 11 is 0. The first kappa shape index (κ1) is 20.1. The van der Waals surface area contributed by atoms with Gasteiger partial charge in [-0.1, -0.05) is 63.2 Å². The van der Waals surface area contributed by atoms with Gasteiger partial charge in [0.25, 0.3) is 0 Å². The number of hydrogen-bond donors (Lipinski definition) is 1. The van der Waals surface area contributed by atoms with Crippen molar-refractivity contribution in [2.24, 2.45) is 0 Å². The second-order valence-corrected chi connectivity index (χ2v) is 10.5. The van der Waals surface area contributed by atoms with Crippen molar-refractivity contribution in [3.05, 3.63) is 65.2 Å². The summed E-state index contributed by atoms with van der Waals surface area (Å²) in [6, 6.07) is 16.3. The lowest BCUT2D eigenvalue weighted by molar-refractivity contribution is -0.917. The standard InChI is InChI=1S/C22H30N2O2S/c1-18-10-11-20(22(2,3)4)16-21(18)27(25,26)24-14-12-23(13-15-24)17-19-8-6-5-7-9-19/h5-11,16H,12-15,17H2,1-4H3/p+1. The molecule has 0 atom stereocenters. The molecule has 2 aromatic carbocycles. The van der Waals surface area contributed by atoms with Gasteiger partial charge in [-0.3, -0.25) is 0 Å². The first-order valence-corrected chi connectivity index (χ1v) is 11.1. The van der Waals surface area contributed by atoms with E-state index in [1.807, 2.05) is 31.2 Å². The third-order valence-corrected chi connectivity index (χ3v) is 7.44. The van der Waals surface area contributed by atoms with Gasteiger partial charge in [-0.05, 0) is 29.5 Å². The minimum atomic E-state index is -3.45. The second-order valence-electron chi connectivity index (χ2n) is 8.55. The molecule has 1 aliphatic rings. The van der Waals surface area contributed by atoms with Crippen LogP contribution in [-0.2, 0) is 22.0 Å². The molecule has 1 saturated heterocycles. The number of sulfonamides is 1. The van der Waals surface area contributed by atoms with Crippen molar-refractivity contribution in [2.45, 2.75) is 44.6 Å². The molecule has 4 nitrogen and oxygen atoms in total. The molecule has 0 aromatic heterocycles. The summed E-state index contributed by atoms with van der Waals surface area (Å²) in [6.07, 6.45) is 0. The van der Waals surface area contributed by atoms with Gasteiger partial charge < -0.3 is 4.90 Å². The lowest BCUT2D eigenvalue weighted by atomic mass is 9.87. The van der Waals surface area contributed by atoms with Crippen molar-refractivity contribution in [1.29, 1.82) is 0 Å². The molecule has 0 spiro atoms. The fourth-order valence-electron chi connectivity index (χ4n) is 3.59. The Bertz CT molecular complexity index is 878. The molecule has 146 valence electrons. The van der Waals surface area contributed by atoms with Crippen molar-refractivity contribution >= 4 is 10.0 Å². The summed E-state index contributed by atoms with van der Waals surface area (Å²) < 4.78 is 28.2. The fourth-order valence-corrected chi connectivity index (χ4v) is 5.28. The van der Waals surface area contributed by atoms with Crippen LogP contribution in [0.5, 0.6) is 0 Å². The SMILES string of the molecule is Cc1ccc(C(C)(C)C)cc1S(=O)(=O)N1CC[NH+](Cc2ccccc2)CC1. The van der Waals surface area contributed by atoms with Crippen LogP contribution < -0.4 is 4.90 Å². The average Bonchev–Trinajstić information content (AvgIpc) is 2.62. The molecule has 2 aromatic rings. The molecule has 0 amide bonds. The van der Waals surface area contributed by atoms with E-state index >= 15 is 0 Å². The fraction of sp³-hybridized carbons (Fsp3) is 0.455. The van der Waals surface area contributed by atoms with Crippen LogP contribution in [0.3, 0.4) is 0 Å². The Balaban J connectivity index is 1.74. The van der Waals surface area contributed by atoms with Crippen LogP contribution in [0.2, 0.25) is 0 Å². The highest BCUT2D eigenvalue weighted by Crippen LogP contribution is 2.28. The predicted molar refractivity (Wildman–Crippen MR) is 109 cm³/mol. The van der Waals surface area contributed by atoms with Gasteiger partial charge in [0.1, 0.15) is 6.54 Å². The molecule has 1 aliphatic heterocycles. The van der Waals surface area contributed by atoms with Crippen LogP contribution in [0.1, 0.15) is 37.5 Å². The summed E-state index contributed by atoms with van der Waals surface area (Å²) in [5.41, 5.74) is 3.11. The normalized spacial score (nSPS) is 17.2. The molecular formula is C22H31N2O2S+. The quantitative estimate of drug-likeness (QED) is 0.875. The van der Waals surface area contributed by atoms with Crippen LogP contribution in [0.4, 0.5) is 0 Å². The van der Waals surface area contributed by atoms with E-state index in [1.54, 1.807) is 4.31 Å². The molecule has 0 radical (unpaired) electrons. The van der Waals surface area contributed by atoms with E-state index in [2.05, 4.69) is 45.0 Å². The van der Waals surface area contributed by atoms with Crippen molar-refractivity contribution < 1.29 is 13.3 Å². The van der Waals surface area contributed by atoms with Gasteiger partial charge >= 0.3 is 0 Å². The van der Waals surface area contributed by atoms with Crippen LogP contribution in [0, 0.1) is 6.92 Å². The number of piperazine rings is 1. The van der Waals surface area contributed by atoms with Gasteiger partial charge in [0, 0.05) is 5.56 Å². The highest BCUT2D eigenvalue weighted by atomic mass is 32.2. The van der Waals surface area contributed by atoms with Crippen LogP contribution in [-0.4, -0.2) is 38.9 Å². The van der Waals surface area contributed by atoms with E-state index in [4.69, 9.17) is 0 Å². The van der Waals surface area contributed by atoms with Crippen molar-refractivity contribution in [1.82, 2.24) is 4.31 Å². The molecular weight excluding hydrogens is 356 g/mol. The van der Waals surface area contributed by atoms with Gasteiger partial charge in [0.05, 0.1) is 31.1 Å². The average molecular weight is 388 g/mol. The molecule has 1 fully saturated rings. The number of nitrogens with zero attached hydrogens (tertiary/aromatic N) is 1. The molecule has 1 N–H and O–H groups in total. The number of rotatable bonds is 4. The van der Waals surface area contributed by atoms with Gasteiger partial charge in [-0.15, -0.1) is 0 Å². The Morgan fingerprint density at radius 2 is 1.63 bits per heavy atom. The zero-order chi connectivity index (χ0) is 19.7. The van der Waals surface area contributed by atoms with Gasteiger partial charge in [0.2, 0.25) is 10.0 Å². The lowest BCUT2D eigenvalue weighted by Crippen LogP contribution is -3.13. The van der Waals surface area contributed by atoms with Crippen molar-refractivity contribution in [2.75, 3.05) is 26.2 Å². The smallest absolute Gasteiger partial charge is 0.243 e. The number of nitrogens with one attached hydrogen (secondary N) is 1. The largest absolute Gasteiger partial charge is 0.329 e. The van der Waals surface area contributed by atoms with Crippen LogP contribution in [0.15, 0.2) is 53.4 Å². The summed E-state index contributed by atoms with van der Waals surface area (Å²) in [7, 11) is -3.45. The molecule has 0 bridgehead atoms. The van der Waals surface area contributed by atoms with Crippen molar-refractivity contribution in [3.8, 4) is 0 Å². The molecule has 3 rings (SSSR count). The number of hydrogen-bond acceptors (Lipinski definition) is 2. The van der Waals surface area contributed by atoms with E-state index < -0.39 is 10.0 Å². The Hall–Kier alpha value is -1.69. The zero-order valence-electron chi connectivity index (χ0n) is 16.8. The van der Waals surface area contributed by atoms with Crippen LogP contribution in [0.25, 0.3) is 0 Å². The zero-order valence-corrected chi connectivity index (χ0v) is 17.6. The number of aryl methyl sites for hydroxylation is 1. The maximum absolute atomic E-state index is 13.3. The van der Waals surface area contributed by atoms with Crippen LogP contribution >= 0.6 is 0 Å². The van der Waals surface area contributed by atoms with Gasteiger partial charge in [-0.25, -0.2) is 8.42 Å². The van der Waals surface area contributed by atoms with E-state index in [9.17, 15) is 8.42 Å². The molecule has 27 heavy (non-hydrogen) atoms. The number of quaternary nitrogens is 1. The third kappa shape index (κ3) is 4.60. The molecule has 0 aliphatic carbocycles. The molecule has 0 saturated carbocycles. The molecule has 5 heteroatoms. The van der Waals surface area contributed by atoms with Gasteiger partial charge in [-0.2, -0.15) is 4.31 Å². The van der Waals surface area contributed by atoms with E-state index in [0.717, 1.165) is 30.8 Å². The summed E-state index contributed by atoms with van der Waals surface area (Å²) in [6.45, 7) is 12.0. The summed E-state index contributed by atoms with van der Waals surface area (Å²) in [5, 5.41) is 0. The molecule has 1 heterocycles. The Morgan fingerprint density at radius 3 is 2.22 bits per heavy atom. The first-order valence-electron chi connectivity index (χ1n) is 9.67. The Kier molecular flexibility index (Phi) is 5.75. The summed E-state index contributed by atoms with van der Waals surface area (Å²) in [5.74, 6) is 0. The maximum atomic E-state index is 13.3. The molecule has 0 unspecified atom stereocenters. The highest BCUT2D eigenvalue weighted by Gasteiger charge is 2.32. The monoisotopic (exact) mass is 387 g/mol. The third-order valence-electron chi connectivity index (χ3n) is 5.40. The lowest BCUT2D eigenvalue weighted by Gasteiger charge is -2.32. The summed E-state index contributed by atoms with van der Waals surface area (Å²) in [4.78, 5) is 1.90. The minimum Gasteiger partial charge on any atom is -0.329 e. The van der Waals surface area contributed by atoms with E-state index in [1.165, 1.54) is 10.5 Å². The predicted octanol–water partition coefficient (Wildman–Crippen LogP) is 2.38. The van der Waals surface area contributed by atoms with E-state index in [-0.39, 0.29) is 5.41 Å². The topological polar surface area (TPSA) is 41.8 Å². The minimum absolute atomic E-state index is 0.0729. The maximum Gasteiger partial charge on any atom is 0.243 e. The number of benzene rings is 2. The second kappa shape index (κ2) is 7.74.